The summed E-state index contributed by atoms with van der Waals surface area (Å²) in [6.45, 7) is 7.47. The Hall–Kier alpha value is -2.22. The molecule has 21 heavy (non-hydrogen) atoms. The number of hydrogen-bond acceptors (Lipinski definition) is 7. The summed E-state index contributed by atoms with van der Waals surface area (Å²) in [5, 5.41) is 11.3. The molecule has 0 fully saturated rings. The van der Waals surface area contributed by atoms with Crippen LogP contribution in [-0.4, -0.2) is 24.7 Å². The fourth-order valence-corrected chi connectivity index (χ4v) is 2.05. The number of hydrazine groups is 1. The topological polar surface area (TPSA) is 107 Å². The third kappa shape index (κ3) is 3.46. The van der Waals surface area contributed by atoms with E-state index in [1.54, 1.807) is 6.33 Å². The van der Waals surface area contributed by atoms with Crippen LogP contribution in [0.3, 0.4) is 0 Å². The summed E-state index contributed by atoms with van der Waals surface area (Å²) >= 11 is 0. The van der Waals surface area contributed by atoms with Gasteiger partial charge in [0.25, 0.3) is 0 Å². The number of nitrogen functional groups attached to an aromatic ring is 1. The molecule has 2 aromatic heterocycles. The Morgan fingerprint density at radius 2 is 2.00 bits per heavy atom. The molecule has 2 heterocycles. The summed E-state index contributed by atoms with van der Waals surface area (Å²) in [7, 11) is 0. The van der Waals surface area contributed by atoms with Crippen molar-refractivity contribution in [2.24, 2.45) is 5.84 Å². The van der Waals surface area contributed by atoms with Crippen molar-refractivity contribution in [1.29, 1.82) is 0 Å². The standard InChI is InChI=1S/C13H22N8/c1-4-6-10-17-12(9(3)13(18-10)19-14)15-7-11-20-16-8-21(11)5-2/h8H,4-7,14H2,1-3H3,(H2,15,17,18,19). The molecule has 0 radical (unpaired) electrons. The first-order chi connectivity index (χ1) is 10.2. The molecule has 0 aliphatic carbocycles. The third-order valence-electron chi connectivity index (χ3n) is 3.25. The maximum Gasteiger partial charge on any atom is 0.152 e. The Morgan fingerprint density at radius 1 is 1.24 bits per heavy atom. The summed E-state index contributed by atoms with van der Waals surface area (Å²) < 4.78 is 1.98. The Balaban J connectivity index is 2.20. The van der Waals surface area contributed by atoms with Crippen LogP contribution < -0.4 is 16.6 Å². The molecule has 4 N–H and O–H groups in total. The molecular weight excluding hydrogens is 268 g/mol. The van der Waals surface area contributed by atoms with Crippen molar-refractivity contribution in [2.45, 2.75) is 46.7 Å². The van der Waals surface area contributed by atoms with Gasteiger partial charge < -0.3 is 15.3 Å². The minimum atomic E-state index is 0.557. The lowest BCUT2D eigenvalue weighted by Crippen LogP contribution is -2.16. The second-order valence-electron chi connectivity index (χ2n) is 4.74. The summed E-state index contributed by atoms with van der Waals surface area (Å²) in [6.07, 6.45) is 3.52. The van der Waals surface area contributed by atoms with E-state index < -0.39 is 0 Å². The molecule has 0 aliphatic heterocycles. The van der Waals surface area contributed by atoms with Crippen molar-refractivity contribution in [3.8, 4) is 0 Å². The van der Waals surface area contributed by atoms with Crippen LogP contribution in [0.2, 0.25) is 0 Å². The molecule has 114 valence electrons. The minimum absolute atomic E-state index is 0.557. The van der Waals surface area contributed by atoms with E-state index in [2.05, 4.69) is 44.8 Å². The van der Waals surface area contributed by atoms with Gasteiger partial charge >= 0.3 is 0 Å². The zero-order valence-electron chi connectivity index (χ0n) is 12.7. The molecule has 0 spiro atoms. The van der Waals surface area contributed by atoms with Gasteiger partial charge in [-0.2, -0.15) is 0 Å². The Labute approximate surface area is 124 Å². The highest BCUT2D eigenvalue weighted by Crippen LogP contribution is 2.20. The largest absolute Gasteiger partial charge is 0.362 e. The van der Waals surface area contributed by atoms with Gasteiger partial charge in [0, 0.05) is 18.5 Å². The maximum absolute atomic E-state index is 5.53. The SMILES string of the molecule is CCCc1nc(NN)c(C)c(NCc2nncn2CC)n1. The zero-order chi connectivity index (χ0) is 15.2. The van der Waals surface area contributed by atoms with Crippen molar-refractivity contribution in [3.05, 3.63) is 23.5 Å². The molecule has 8 heteroatoms. The Morgan fingerprint density at radius 3 is 2.67 bits per heavy atom. The molecule has 0 bridgehead atoms. The van der Waals surface area contributed by atoms with Crippen molar-refractivity contribution < 1.29 is 0 Å². The quantitative estimate of drug-likeness (QED) is 0.520. The van der Waals surface area contributed by atoms with Gasteiger partial charge in [-0.05, 0) is 20.3 Å². The van der Waals surface area contributed by atoms with Gasteiger partial charge in [0.2, 0.25) is 0 Å². The molecule has 0 saturated heterocycles. The minimum Gasteiger partial charge on any atom is -0.362 e. The molecule has 0 aromatic carbocycles. The van der Waals surface area contributed by atoms with Crippen LogP contribution in [0.25, 0.3) is 0 Å². The predicted octanol–water partition coefficient (Wildman–Crippen LogP) is 1.25. The average molecular weight is 290 g/mol. The van der Waals surface area contributed by atoms with Crippen molar-refractivity contribution in [1.82, 2.24) is 24.7 Å². The predicted molar refractivity (Wildman–Crippen MR) is 81.6 cm³/mol. The monoisotopic (exact) mass is 290 g/mol. The van der Waals surface area contributed by atoms with Gasteiger partial charge in [-0.15, -0.1) is 10.2 Å². The highest BCUT2D eigenvalue weighted by molar-refractivity contribution is 5.56. The van der Waals surface area contributed by atoms with E-state index in [9.17, 15) is 0 Å². The molecule has 2 rings (SSSR count). The second kappa shape index (κ2) is 6.98. The van der Waals surface area contributed by atoms with Crippen LogP contribution in [0, 0.1) is 6.92 Å². The van der Waals surface area contributed by atoms with E-state index in [-0.39, 0.29) is 0 Å². The van der Waals surface area contributed by atoms with Crippen molar-refractivity contribution >= 4 is 11.6 Å². The maximum atomic E-state index is 5.53. The normalized spacial score (nSPS) is 10.7. The van der Waals surface area contributed by atoms with Crippen LogP contribution in [0.1, 0.15) is 37.5 Å². The molecule has 2 aromatic rings. The number of hydrogen-bond donors (Lipinski definition) is 3. The number of aromatic nitrogens is 5. The number of nitrogens with one attached hydrogen (secondary N) is 2. The molecule has 0 amide bonds. The molecular formula is C13H22N8. The van der Waals surface area contributed by atoms with Crippen molar-refractivity contribution in [3.63, 3.8) is 0 Å². The van der Waals surface area contributed by atoms with Gasteiger partial charge in [-0.25, -0.2) is 15.8 Å². The number of nitrogens with zero attached hydrogens (tertiary/aromatic N) is 5. The van der Waals surface area contributed by atoms with E-state index in [1.807, 2.05) is 11.5 Å². The number of nitrogens with two attached hydrogens (primary N) is 1. The van der Waals surface area contributed by atoms with E-state index in [0.29, 0.717) is 12.4 Å². The van der Waals surface area contributed by atoms with E-state index >= 15 is 0 Å². The highest BCUT2D eigenvalue weighted by Gasteiger charge is 2.11. The van der Waals surface area contributed by atoms with Gasteiger partial charge in [-0.1, -0.05) is 6.92 Å². The van der Waals surface area contributed by atoms with E-state index in [4.69, 9.17) is 5.84 Å². The van der Waals surface area contributed by atoms with Crippen LogP contribution >= 0.6 is 0 Å². The number of aryl methyl sites for hydroxylation is 2. The molecule has 0 unspecified atom stereocenters. The zero-order valence-corrected chi connectivity index (χ0v) is 12.7. The van der Waals surface area contributed by atoms with Gasteiger partial charge in [0.05, 0.1) is 6.54 Å². The molecule has 0 saturated carbocycles. The lowest BCUT2D eigenvalue weighted by Gasteiger charge is -2.13. The van der Waals surface area contributed by atoms with Gasteiger partial charge in [0.1, 0.15) is 23.8 Å². The van der Waals surface area contributed by atoms with Gasteiger partial charge in [0.15, 0.2) is 5.82 Å². The summed E-state index contributed by atoms with van der Waals surface area (Å²) in [6, 6.07) is 0. The van der Waals surface area contributed by atoms with E-state index in [0.717, 1.165) is 42.4 Å². The van der Waals surface area contributed by atoms with Crippen LogP contribution in [0.4, 0.5) is 11.6 Å². The molecule has 8 nitrogen and oxygen atoms in total. The molecule has 0 atom stereocenters. The Kier molecular flexibility index (Phi) is 5.04. The first-order valence-electron chi connectivity index (χ1n) is 7.14. The van der Waals surface area contributed by atoms with Crippen LogP contribution in [0.15, 0.2) is 6.33 Å². The lowest BCUT2D eigenvalue weighted by molar-refractivity contribution is 0.706. The van der Waals surface area contributed by atoms with E-state index in [1.165, 1.54) is 0 Å². The smallest absolute Gasteiger partial charge is 0.152 e. The second-order valence-corrected chi connectivity index (χ2v) is 4.74. The highest BCUT2D eigenvalue weighted by atomic mass is 15.3. The fraction of sp³-hybridized carbons (Fsp3) is 0.538. The lowest BCUT2D eigenvalue weighted by atomic mass is 10.2. The Bertz CT molecular complexity index is 592. The summed E-state index contributed by atoms with van der Waals surface area (Å²) in [5.74, 6) is 8.59. The molecule has 0 aliphatic rings. The first-order valence-corrected chi connectivity index (χ1v) is 7.14. The van der Waals surface area contributed by atoms with Crippen LogP contribution in [0.5, 0.6) is 0 Å². The first kappa shape index (κ1) is 15.2. The van der Waals surface area contributed by atoms with Crippen molar-refractivity contribution in [2.75, 3.05) is 10.7 Å². The number of anilines is 2. The van der Waals surface area contributed by atoms with Gasteiger partial charge in [-0.3, -0.25) is 0 Å². The summed E-state index contributed by atoms with van der Waals surface area (Å²) in [4.78, 5) is 8.95. The fourth-order valence-electron chi connectivity index (χ4n) is 2.05. The summed E-state index contributed by atoms with van der Waals surface area (Å²) in [5.41, 5.74) is 3.51. The van der Waals surface area contributed by atoms with Crippen LogP contribution in [-0.2, 0) is 19.5 Å². The third-order valence-corrected chi connectivity index (χ3v) is 3.25. The number of rotatable bonds is 7. The average Bonchev–Trinajstić information content (AvgIpc) is 2.95.